The summed E-state index contributed by atoms with van der Waals surface area (Å²) in [6, 6.07) is 4.59. The van der Waals surface area contributed by atoms with E-state index in [2.05, 4.69) is 24.1 Å². The molecule has 0 radical (unpaired) electrons. The molecule has 1 amide bonds. The van der Waals surface area contributed by atoms with E-state index < -0.39 is 10.2 Å². The number of amides is 1. The minimum absolute atomic E-state index is 0.0528. The number of hydrogen-bond donors (Lipinski definition) is 1. The van der Waals surface area contributed by atoms with Crippen molar-refractivity contribution in [3.05, 3.63) is 39.6 Å². The number of benzene rings is 1. The number of anilines is 1. The largest absolute Gasteiger partial charge is 0.371 e. The van der Waals surface area contributed by atoms with Gasteiger partial charge in [-0.1, -0.05) is 13.8 Å². The molecular formula is C16H19N3O4S. The van der Waals surface area contributed by atoms with Crippen molar-refractivity contribution < 1.29 is 14.5 Å². The lowest BCUT2D eigenvalue weighted by Crippen LogP contribution is -2.25. The number of nitro benzene ring substituents is 1. The molecule has 1 fully saturated rings. The maximum atomic E-state index is 11.8. The van der Waals surface area contributed by atoms with Crippen LogP contribution in [0.2, 0.25) is 0 Å². The molecule has 1 saturated heterocycles. The molecule has 0 unspecified atom stereocenters. The molecule has 128 valence electrons. The summed E-state index contributed by atoms with van der Waals surface area (Å²) in [7, 11) is 0. The maximum Gasteiger partial charge on any atom is 0.291 e. The number of non-ortho nitro benzene ring substituents is 1. The molecule has 0 aromatic heterocycles. The fourth-order valence-corrected chi connectivity index (χ4v) is 3.08. The van der Waals surface area contributed by atoms with Gasteiger partial charge >= 0.3 is 0 Å². The average Bonchev–Trinajstić information content (AvgIpc) is 2.84. The second kappa shape index (κ2) is 7.96. The third kappa shape index (κ3) is 4.14. The number of thioether (sulfide) groups is 1. The Labute approximate surface area is 144 Å². The summed E-state index contributed by atoms with van der Waals surface area (Å²) in [5, 5.41) is 12.7. The van der Waals surface area contributed by atoms with Crippen molar-refractivity contribution in [2.24, 2.45) is 0 Å². The Hall–Kier alpha value is -2.35. The van der Waals surface area contributed by atoms with Crippen LogP contribution in [0.3, 0.4) is 0 Å². The fourth-order valence-electron chi connectivity index (χ4n) is 2.53. The van der Waals surface area contributed by atoms with E-state index in [0.29, 0.717) is 17.3 Å². The van der Waals surface area contributed by atoms with Crippen LogP contribution in [0.5, 0.6) is 0 Å². The van der Waals surface area contributed by atoms with E-state index in [1.54, 1.807) is 6.07 Å². The van der Waals surface area contributed by atoms with Crippen molar-refractivity contribution in [3.8, 4) is 0 Å². The molecule has 1 aromatic rings. The predicted molar refractivity (Wildman–Crippen MR) is 95.0 cm³/mol. The molecule has 24 heavy (non-hydrogen) atoms. The van der Waals surface area contributed by atoms with Crippen LogP contribution in [0, 0.1) is 10.1 Å². The summed E-state index contributed by atoms with van der Waals surface area (Å²) in [6.45, 7) is 5.72. The van der Waals surface area contributed by atoms with E-state index in [0.717, 1.165) is 31.6 Å². The number of nitro groups is 1. The van der Waals surface area contributed by atoms with Gasteiger partial charge in [0, 0.05) is 48.2 Å². The number of nitrogens with zero attached hydrogens (tertiary/aromatic N) is 2. The van der Waals surface area contributed by atoms with Gasteiger partial charge < -0.3 is 10.2 Å². The van der Waals surface area contributed by atoms with Crippen molar-refractivity contribution >= 4 is 39.6 Å². The molecule has 1 aliphatic rings. The van der Waals surface area contributed by atoms with Crippen LogP contribution >= 0.6 is 11.8 Å². The van der Waals surface area contributed by atoms with Gasteiger partial charge in [-0.05, 0) is 25.0 Å². The van der Waals surface area contributed by atoms with Gasteiger partial charge in [-0.3, -0.25) is 19.7 Å². The minimum atomic E-state index is -0.473. The van der Waals surface area contributed by atoms with Gasteiger partial charge in [-0.2, -0.15) is 0 Å². The van der Waals surface area contributed by atoms with Gasteiger partial charge in [0.2, 0.25) is 5.12 Å². The zero-order valence-electron chi connectivity index (χ0n) is 13.6. The summed E-state index contributed by atoms with van der Waals surface area (Å²) in [5.41, 5.74) is 1.47. The predicted octanol–water partition coefficient (Wildman–Crippen LogP) is 3.55. The lowest BCUT2D eigenvalue weighted by Gasteiger charge is -2.25. The standard InChI is InChI=1S/C16H19N3O4S/c1-3-7-18(8-4-2)14-6-5-12(19(22)23)9-11(14)10-13-15(20)24-16(21)17-13/h5-6,9-10H,3-4,7-8H2,1-2H3,(H,17,21). The molecule has 0 atom stereocenters. The van der Waals surface area contributed by atoms with Crippen molar-refractivity contribution in [2.45, 2.75) is 26.7 Å². The zero-order chi connectivity index (χ0) is 17.7. The van der Waals surface area contributed by atoms with Gasteiger partial charge in [0.15, 0.2) is 0 Å². The lowest BCUT2D eigenvalue weighted by molar-refractivity contribution is -0.384. The topological polar surface area (TPSA) is 92.5 Å². The Morgan fingerprint density at radius 1 is 1.25 bits per heavy atom. The molecule has 1 heterocycles. The second-order valence-electron chi connectivity index (χ2n) is 5.35. The Bertz CT molecular complexity index is 697. The monoisotopic (exact) mass is 349 g/mol. The van der Waals surface area contributed by atoms with Gasteiger partial charge in [0.1, 0.15) is 0 Å². The summed E-state index contributed by atoms with van der Waals surface area (Å²) in [6.07, 6.45) is 3.37. The molecular weight excluding hydrogens is 330 g/mol. The van der Waals surface area contributed by atoms with Crippen LogP contribution in [0.15, 0.2) is 23.9 Å². The summed E-state index contributed by atoms with van der Waals surface area (Å²) >= 11 is 0.588. The van der Waals surface area contributed by atoms with Crippen molar-refractivity contribution in [2.75, 3.05) is 18.0 Å². The van der Waals surface area contributed by atoms with Crippen molar-refractivity contribution in [1.29, 1.82) is 0 Å². The van der Waals surface area contributed by atoms with Gasteiger partial charge in [0.05, 0.1) is 10.6 Å². The van der Waals surface area contributed by atoms with Crippen LogP contribution in [-0.4, -0.2) is 28.4 Å². The van der Waals surface area contributed by atoms with Crippen LogP contribution in [-0.2, 0) is 4.79 Å². The van der Waals surface area contributed by atoms with Gasteiger partial charge in [-0.15, -0.1) is 0 Å². The second-order valence-corrected chi connectivity index (χ2v) is 6.29. The van der Waals surface area contributed by atoms with Crippen LogP contribution in [0.4, 0.5) is 16.2 Å². The molecule has 1 aromatic carbocycles. The molecule has 1 N–H and O–H groups in total. The lowest BCUT2D eigenvalue weighted by atomic mass is 10.1. The van der Waals surface area contributed by atoms with E-state index in [1.807, 2.05) is 0 Å². The Kier molecular flexibility index (Phi) is 5.97. The molecule has 1 aliphatic heterocycles. The zero-order valence-corrected chi connectivity index (χ0v) is 14.4. The van der Waals surface area contributed by atoms with Gasteiger partial charge in [0.25, 0.3) is 10.9 Å². The van der Waals surface area contributed by atoms with Crippen molar-refractivity contribution in [1.82, 2.24) is 5.32 Å². The van der Waals surface area contributed by atoms with Crippen LogP contribution in [0.25, 0.3) is 6.08 Å². The van der Waals surface area contributed by atoms with E-state index in [9.17, 15) is 19.7 Å². The molecule has 2 rings (SSSR count). The molecule has 0 spiro atoms. The quantitative estimate of drug-likeness (QED) is 0.460. The highest BCUT2D eigenvalue weighted by Gasteiger charge is 2.26. The first-order valence-corrected chi connectivity index (χ1v) is 8.56. The first-order valence-electron chi connectivity index (χ1n) is 7.74. The molecule has 0 saturated carbocycles. The highest BCUT2D eigenvalue weighted by molar-refractivity contribution is 8.27. The van der Waals surface area contributed by atoms with E-state index in [4.69, 9.17) is 0 Å². The van der Waals surface area contributed by atoms with Crippen LogP contribution in [0.1, 0.15) is 32.3 Å². The number of hydrogen-bond acceptors (Lipinski definition) is 6. The fraction of sp³-hybridized carbons (Fsp3) is 0.375. The Balaban J connectivity index is 2.50. The van der Waals surface area contributed by atoms with E-state index >= 15 is 0 Å². The van der Waals surface area contributed by atoms with E-state index in [-0.39, 0.29) is 16.5 Å². The third-order valence-electron chi connectivity index (χ3n) is 3.49. The number of carbonyl (C=O) groups excluding carboxylic acids is 2. The number of nitrogens with one attached hydrogen (secondary N) is 1. The molecule has 0 aliphatic carbocycles. The summed E-state index contributed by atoms with van der Waals surface area (Å²) < 4.78 is 0. The molecule has 7 nitrogen and oxygen atoms in total. The average molecular weight is 349 g/mol. The Morgan fingerprint density at radius 3 is 2.42 bits per heavy atom. The highest BCUT2D eigenvalue weighted by Crippen LogP contribution is 2.30. The summed E-state index contributed by atoms with van der Waals surface area (Å²) in [4.78, 5) is 35.9. The normalized spacial score (nSPS) is 15.7. The van der Waals surface area contributed by atoms with Crippen LogP contribution < -0.4 is 10.2 Å². The number of carbonyl (C=O) groups is 2. The molecule has 8 heteroatoms. The molecule has 0 bridgehead atoms. The van der Waals surface area contributed by atoms with Crippen molar-refractivity contribution in [3.63, 3.8) is 0 Å². The number of rotatable bonds is 7. The highest BCUT2D eigenvalue weighted by atomic mass is 32.2. The van der Waals surface area contributed by atoms with E-state index in [1.165, 1.54) is 18.2 Å². The first kappa shape index (κ1) is 18.0. The minimum Gasteiger partial charge on any atom is -0.371 e. The van der Waals surface area contributed by atoms with Gasteiger partial charge in [-0.25, -0.2) is 0 Å². The first-order chi connectivity index (χ1) is 11.5. The Morgan fingerprint density at radius 2 is 1.92 bits per heavy atom. The smallest absolute Gasteiger partial charge is 0.291 e. The third-order valence-corrected chi connectivity index (χ3v) is 4.18. The SMILES string of the molecule is CCCN(CCC)c1ccc([N+](=O)[O-])cc1C=C1NC(=O)SC1=O. The maximum absolute atomic E-state index is 11.8. The summed E-state index contributed by atoms with van der Waals surface area (Å²) in [5.74, 6) is 0.